The van der Waals surface area contributed by atoms with Gasteiger partial charge >= 0.3 is 0 Å². The smallest absolute Gasteiger partial charge is 0.162 e. The number of rotatable bonds is 2. The van der Waals surface area contributed by atoms with Crippen LogP contribution in [0, 0.1) is 0 Å². The molecule has 53 valence electrons. The van der Waals surface area contributed by atoms with Crippen LogP contribution in [0.2, 0.25) is 0 Å². The minimum absolute atomic E-state index is 0.0402. The molecule has 1 heterocycles. The summed E-state index contributed by atoms with van der Waals surface area (Å²) in [5, 5.41) is 10.1. The van der Waals surface area contributed by atoms with Gasteiger partial charge in [0, 0.05) is 30.8 Å². The SMILES string of the molecule is [O]CCC1=CC(=O)CC=N1. The van der Waals surface area contributed by atoms with Crippen LogP contribution in [-0.2, 0) is 9.90 Å². The number of allylic oxidation sites excluding steroid dienone is 1. The molecule has 0 atom stereocenters. The van der Waals surface area contributed by atoms with Gasteiger partial charge in [0.15, 0.2) is 5.78 Å². The second-order valence-electron chi connectivity index (χ2n) is 2.07. The maximum Gasteiger partial charge on any atom is 0.162 e. The van der Waals surface area contributed by atoms with Gasteiger partial charge in [0.05, 0.1) is 6.61 Å². The summed E-state index contributed by atoms with van der Waals surface area (Å²) in [4.78, 5) is 14.6. The highest BCUT2D eigenvalue weighted by Gasteiger charge is 2.03. The van der Waals surface area contributed by atoms with Gasteiger partial charge in [-0.1, -0.05) is 0 Å². The molecule has 1 rings (SSSR count). The maximum absolute atomic E-state index is 10.7. The number of nitrogens with zero attached hydrogens (tertiary/aromatic N) is 1. The molecule has 0 saturated carbocycles. The van der Waals surface area contributed by atoms with Gasteiger partial charge in [-0.2, -0.15) is 0 Å². The van der Waals surface area contributed by atoms with Gasteiger partial charge in [-0.15, -0.1) is 0 Å². The van der Waals surface area contributed by atoms with E-state index in [0.29, 0.717) is 18.5 Å². The molecule has 0 aromatic heterocycles. The molecule has 3 heteroatoms. The van der Waals surface area contributed by atoms with Crippen LogP contribution in [0.15, 0.2) is 16.8 Å². The summed E-state index contributed by atoms with van der Waals surface area (Å²) in [6.07, 6.45) is 3.73. The van der Waals surface area contributed by atoms with Gasteiger partial charge in [0.25, 0.3) is 0 Å². The first-order valence-corrected chi connectivity index (χ1v) is 3.17. The second-order valence-corrected chi connectivity index (χ2v) is 2.07. The molecule has 0 aromatic rings. The molecule has 1 aliphatic rings. The zero-order chi connectivity index (χ0) is 7.40. The van der Waals surface area contributed by atoms with Gasteiger partial charge in [0.1, 0.15) is 0 Å². The van der Waals surface area contributed by atoms with Crippen LogP contribution >= 0.6 is 0 Å². The Morgan fingerprint density at radius 3 is 3.00 bits per heavy atom. The second kappa shape index (κ2) is 3.27. The summed E-state index contributed by atoms with van der Waals surface area (Å²) in [6.45, 7) is -0.198. The van der Waals surface area contributed by atoms with Crippen molar-refractivity contribution in [1.29, 1.82) is 0 Å². The summed E-state index contributed by atoms with van der Waals surface area (Å²) in [6, 6.07) is 0. The molecule has 0 saturated heterocycles. The topological polar surface area (TPSA) is 49.3 Å². The average Bonchev–Trinajstić information content (AvgIpc) is 1.88. The molecule has 0 fully saturated rings. The Kier molecular flexibility index (Phi) is 2.34. The molecule has 0 spiro atoms. The number of hydrogen-bond donors (Lipinski definition) is 0. The zero-order valence-electron chi connectivity index (χ0n) is 5.54. The van der Waals surface area contributed by atoms with Crippen molar-refractivity contribution in [2.45, 2.75) is 12.8 Å². The molecule has 0 amide bonds. The lowest BCUT2D eigenvalue weighted by Crippen LogP contribution is -2.01. The Hall–Kier alpha value is -0.960. The Morgan fingerprint density at radius 2 is 2.40 bits per heavy atom. The third kappa shape index (κ3) is 1.77. The van der Waals surface area contributed by atoms with Crippen LogP contribution < -0.4 is 0 Å². The van der Waals surface area contributed by atoms with Crippen molar-refractivity contribution in [2.75, 3.05) is 6.61 Å². The van der Waals surface area contributed by atoms with Crippen LogP contribution in [0.1, 0.15) is 12.8 Å². The number of carbonyl (C=O) groups is 1. The Morgan fingerprint density at radius 1 is 1.60 bits per heavy atom. The van der Waals surface area contributed by atoms with Crippen molar-refractivity contribution in [1.82, 2.24) is 0 Å². The van der Waals surface area contributed by atoms with E-state index in [9.17, 15) is 9.90 Å². The van der Waals surface area contributed by atoms with Crippen molar-refractivity contribution < 1.29 is 9.90 Å². The van der Waals surface area contributed by atoms with E-state index in [1.54, 1.807) is 6.21 Å². The minimum atomic E-state index is -0.198. The molecule has 3 nitrogen and oxygen atoms in total. The van der Waals surface area contributed by atoms with E-state index in [1.165, 1.54) is 6.08 Å². The summed E-state index contributed by atoms with van der Waals surface area (Å²) < 4.78 is 0. The summed E-state index contributed by atoms with van der Waals surface area (Å²) in [7, 11) is 0. The number of aliphatic imine (C=N–C) groups is 1. The Balaban J connectivity index is 2.57. The van der Waals surface area contributed by atoms with Crippen molar-refractivity contribution in [2.24, 2.45) is 4.99 Å². The molecule has 0 bridgehead atoms. The highest BCUT2D eigenvalue weighted by molar-refractivity contribution is 6.01. The van der Waals surface area contributed by atoms with Crippen LogP contribution in [0.5, 0.6) is 0 Å². The number of carbonyl (C=O) groups excluding carboxylic acids is 1. The van der Waals surface area contributed by atoms with Gasteiger partial charge in [-0.05, 0) is 0 Å². The number of hydrogen-bond acceptors (Lipinski definition) is 2. The molecule has 0 aliphatic carbocycles. The van der Waals surface area contributed by atoms with E-state index in [1.807, 2.05) is 0 Å². The first-order chi connectivity index (χ1) is 4.83. The van der Waals surface area contributed by atoms with E-state index >= 15 is 0 Å². The summed E-state index contributed by atoms with van der Waals surface area (Å²) >= 11 is 0. The fourth-order valence-electron chi connectivity index (χ4n) is 0.776. The normalized spacial score (nSPS) is 17.3. The van der Waals surface area contributed by atoms with Crippen LogP contribution in [0.3, 0.4) is 0 Å². The lowest BCUT2D eigenvalue weighted by molar-refractivity contribution is -0.113. The standard InChI is InChI=1S/C7H8NO2/c9-4-2-6-5-7(10)1-3-8-6/h3,5H,1-2,4H2. The maximum atomic E-state index is 10.7. The van der Waals surface area contributed by atoms with E-state index < -0.39 is 0 Å². The van der Waals surface area contributed by atoms with E-state index in [-0.39, 0.29) is 12.4 Å². The van der Waals surface area contributed by atoms with Crippen molar-refractivity contribution in [3.05, 3.63) is 11.8 Å². The van der Waals surface area contributed by atoms with Crippen molar-refractivity contribution in [3.8, 4) is 0 Å². The van der Waals surface area contributed by atoms with Crippen LogP contribution in [0.4, 0.5) is 0 Å². The van der Waals surface area contributed by atoms with E-state index in [0.717, 1.165) is 0 Å². The average molecular weight is 138 g/mol. The molecule has 1 radical (unpaired) electrons. The van der Waals surface area contributed by atoms with Crippen LogP contribution in [0.25, 0.3) is 0 Å². The molecular weight excluding hydrogens is 130 g/mol. The fourth-order valence-corrected chi connectivity index (χ4v) is 0.776. The van der Waals surface area contributed by atoms with Crippen LogP contribution in [-0.4, -0.2) is 18.6 Å². The quantitative estimate of drug-likeness (QED) is 0.555. The Labute approximate surface area is 59.1 Å². The minimum Gasteiger partial charge on any atom is -0.294 e. The number of ketones is 1. The molecule has 0 aromatic carbocycles. The lowest BCUT2D eigenvalue weighted by atomic mass is 10.2. The summed E-state index contributed by atoms with van der Waals surface area (Å²) in [5.41, 5.74) is 0.617. The van der Waals surface area contributed by atoms with Gasteiger partial charge in [-0.3, -0.25) is 9.79 Å². The highest BCUT2D eigenvalue weighted by atomic mass is 16.3. The van der Waals surface area contributed by atoms with Gasteiger partial charge in [-0.25, -0.2) is 5.11 Å². The lowest BCUT2D eigenvalue weighted by Gasteiger charge is -2.01. The third-order valence-electron chi connectivity index (χ3n) is 1.24. The molecule has 10 heavy (non-hydrogen) atoms. The van der Waals surface area contributed by atoms with E-state index in [2.05, 4.69) is 4.99 Å². The van der Waals surface area contributed by atoms with Crippen molar-refractivity contribution >= 4 is 12.0 Å². The molecular formula is C7H8NO2. The molecule has 0 unspecified atom stereocenters. The third-order valence-corrected chi connectivity index (χ3v) is 1.24. The van der Waals surface area contributed by atoms with Gasteiger partial charge in [0.2, 0.25) is 0 Å². The molecule has 1 aliphatic heterocycles. The van der Waals surface area contributed by atoms with Gasteiger partial charge < -0.3 is 0 Å². The predicted octanol–water partition coefficient (Wildman–Crippen LogP) is 0.735. The highest BCUT2D eigenvalue weighted by Crippen LogP contribution is 2.06. The fraction of sp³-hybridized carbons (Fsp3) is 0.429. The monoisotopic (exact) mass is 138 g/mol. The first-order valence-electron chi connectivity index (χ1n) is 3.17. The van der Waals surface area contributed by atoms with Crippen molar-refractivity contribution in [3.63, 3.8) is 0 Å². The molecule has 0 N–H and O–H groups in total. The predicted molar refractivity (Wildman–Crippen MR) is 36.4 cm³/mol. The van der Waals surface area contributed by atoms with E-state index in [4.69, 9.17) is 0 Å². The first kappa shape index (κ1) is 7.15. The zero-order valence-corrected chi connectivity index (χ0v) is 5.54. The Bertz CT molecular complexity index is 194. The summed E-state index contributed by atoms with van der Waals surface area (Å²) in [5.74, 6) is 0.0402. The largest absolute Gasteiger partial charge is 0.294 e.